The van der Waals surface area contributed by atoms with Crippen molar-refractivity contribution in [1.29, 1.82) is 0 Å². The maximum atomic E-state index is 13.0. The van der Waals surface area contributed by atoms with Crippen LogP contribution >= 0.6 is 0 Å². The molecule has 1 aliphatic heterocycles. The molecule has 2 aromatic rings. The molecule has 24 heavy (non-hydrogen) atoms. The standard InChI is InChI=1S/C19H23NO3S/c1-15-10-12-17(13-11-15)24(21,22)20(2)19-18(9-6-14-23-19)16-7-4-3-5-8-16/h3-5,7-8,10-13,18-19H,6,9,14H2,1-2H3. The van der Waals surface area contributed by atoms with Crippen LogP contribution in [0.2, 0.25) is 0 Å². The highest BCUT2D eigenvalue weighted by Crippen LogP contribution is 2.34. The van der Waals surface area contributed by atoms with Crippen molar-refractivity contribution in [3.05, 3.63) is 65.7 Å². The Bertz CT molecular complexity index is 772. The molecule has 1 heterocycles. The van der Waals surface area contributed by atoms with Gasteiger partial charge in [0.2, 0.25) is 10.0 Å². The number of benzene rings is 2. The molecule has 1 fully saturated rings. The Morgan fingerprint density at radius 2 is 1.71 bits per heavy atom. The van der Waals surface area contributed by atoms with E-state index in [0.717, 1.165) is 24.0 Å². The summed E-state index contributed by atoms with van der Waals surface area (Å²) < 4.78 is 33.2. The highest BCUT2D eigenvalue weighted by atomic mass is 32.2. The lowest BCUT2D eigenvalue weighted by molar-refractivity contribution is -0.0571. The second-order valence-corrected chi connectivity index (χ2v) is 8.25. The van der Waals surface area contributed by atoms with Crippen molar-refractivity contribution in [3.63, 3.8) is 0 Å². The Morgan fingerprint density at radius 3 is 2.38 bits per heavy atom. The molecule has 1 aliphatic rings. The average molecular weight is 345 g/mol. The van der Waals surface area contributed by atoms with Crippen LogP contribution in [0.4, 0.5) is 0 Å². The van der Waals surface area contributed by atoms with Crippen LogP contribution in [0.15, 0.2) is 59.5 Å². The lowest BCUT2D eigenvalue weighted by Gasteiger charge is -2.37. The Morgan fingerprint density at radius 1 is 1.04 bits per heavy atom. The van der Waals surface area contributed by atoms with E-state index in [9.17, 15) is 8.42 Å². The quantitative estimate of drug-likeness (QED) is 0.851. The molecular weight excluding hydrogens is 322 g/mol. The van der Waals surface area contributed by atoms with Crippen LogP contribution in [-0.2, 0) is 14.8 Å². The largest absolute Gasteiger partial charge is 0.361 e. The minimum Gasteiger partial charge on any atom is -0.361 e. The minimum atomic E-state index is -3.59. The SMILES string of the molecule is Cc1ccc(S(=O)(=O)N(C)C2OCCCC2c2ccccc2)cc1. The van der Waals surface area contributed by atoms with Crippen molar-refractivity contribution >= 4 is 10.0 Å². The Labute approximate surface area is 144 Å². The van der Waals surface area contributed by atoms with Crippen molar-refractivity contribution in [3.8, 4) is 0 Å². The van der Waals surface area contributed by atoms with Crippen molar-refractivity contribution < 1.29 is 13.2 Å². The maximum absolute atomic E-state index is 13.0. The minimum absolute atomic E-state index is 0.0465. The summed E-state index contributed by atoms with van der Waals surface area (Å²) in [6.07, 6.45) is 1.38. The van der Waals surface area contributed by atoms with E-state index < -0.39 is 16.3 Å². The summed E-state index contributed by atoms with van der Waals surface area (Å²) in [5.41, 5.74) is 2.15. The van der Waals surface area contributed by atoms with Gasteiger partial charge in [0, 0.05) is 19.6 Å². The molecule has 0 aromatic heterocycles. The zero-order chi connectivity index (χ0) is 17.2. The molecule has 2 atom stereocenters. The summed E-state index contributed by atoms with van der Waals surface area (Å²) in [7, 11) is -1.98. The fourth-order valence-corrected chi connectivity index (χ4v) is 4.46. The number of likely N-dealkylation sites (N-methyl/N-ethyl adjacent to an activating group) is 1. The number of aryl methyl sites for hydroxylation is 1. The van der Waals surface area contributed by atoms with Gasteiger partial charge in [-0.25, -0.2) is 8.42 Å². The van der Waals surface area contributed by atoms with Gasteiger partial charge in [-0.2, -0.15) is 4.31 Å². The van der Waals surface area contributed by atoms with E-state index in [1.807, 2.05) is 49.4 Å². The van der Waals surface area contributed by atoms with E-state index in [1.165, 1.54) is 4.31 Å². The second kappa shape index (κ2) is 7.05. The molecule has 3 rings (SSSR count). The van der Waals surface area contributed by atoms with Crippen LogP contribution in [0.3, 0.4) is 0 Å². The van der Waals surface area contributed by atoms with E-state index >= 15 is 0 Å². The molecule has 4 nitrogen and oxygen atoms in total. The van der Waals surface area contributed by atoms with E-state index in [0.29, 0.717) is 11.5 Å². The first-order valence-electron chi connectivity index (χ1n) is 8.21. The first kappa shape index (κ1) is 17.1. The molecule has 1 saturated heterocycles. The fourth-order valence-electron chi connectivity index (χ4n) is 3.17. The van der Waals surface area contributed by atoms with Gasteiger partial charge in [0.25, 0.3) is 0 Å². The van der Waals surface area contributed by atoms with Gasteiger partial charge >= 0.3 is 0 Å². The predicted octanol–water partition coefficient (Wildman–Crippen LogP) is 3.54. The van der Waals surface area contributed by atoms with Crippen LogP contribution in [-0.4, -0.2) is 32.6 Å². The summed E-state index contributed by atoms with van der Waals surface area (Å²) in [5.74, 6) is 0.0465. The highest BCUT2D eigenvalue weighted by Gasteiger charge is 2.36. The van der Waals surface area contributed by atoms with E-state index in [-0.39, 0.29) is 5.92 Å². The van der Waals surface area contributed by atoms with Crippen LogP contribution in [0.5, 0.6) is 0 Å². The van der Waals surface area contributed by atoms with Crippen LogP contribution < -0.4 is 0 Å². The molecule has 0 spiro atoms. The lowest BCUT2D eigenvalue weighted by Crippen LogP contribution is -2.44. The van der Waals surface area contributed by atoms with Gasteiger partial charge in [0.05, 0.1) is 4.90 Å². The van der Waals surface area contributed by atoms with Crippen molar-refractivity contribution in [1.82, 2.24) is 4.31 Å². The number of hydrogen-bond donors (Lipinski definition) is 0. The molecule has 0 radical (unpaired) electrons. The third-order valence-corrected chi connectivity index (χ3v) is 6.41. The fraction of sp³-hybridized carbons (Fsp3) is 0.368. The first-order chi connectivity index (χ1) is 11.5. The lowest BCUT2D eigenvalue weighted by atomic mass is 9.91. The normalized spacial score (nSPS) is 21.8. The number of hydrogen-bond acceptors (Lipinski definition) is 3. The number of ether oxygens (including phenoxy) is 1. The number of nitrogens with zero attached hydrogens (tertiary/aromatic N) is 1. The van der Waals surface area contributed by atoms with E-state index in [4.69, 9.17) is 4.74 Å². The molecule has 128 valence electrons. The Kier molecular flexibility index (Phi) is 5.04. The van der Waals surface area contributed by atoms with Gasteiger partial charge in [-0.3, -0.25) is 0 Å². The van der Waals surface area contributed by atoms with Gasteiger partial charge in [-0.05, 0) is 37.5 Å². The van der Waals surface area contributed by atoms with Crippen LogP contribution in [0.1, 0.15) is 29.9 Å². The Hall–Kier alpha value is -1.69. The summed E-state index contributed by atoms with van der Waals surface area (Å²) in [6.45, 7) is 2.53. The first-order valence-corrected chi connectivity index (χ1v) is 9.65. The topological polar surface area (TPSA) is 46.6 Å². The van der Waals surface area contributed by atoms with Gasteiger partial charge in [0.1, 0.15) is 6.23 Å². The smallest absolute Gasteiger partial charge is 0.245 e. The molecule has 2 unspecified atom stereocenters. The third-order valence-electron chi connectivity index (χ3n) is 4.58. The van der Waals surface area contributed by atoms with E-state index in [1.54, 1.807) is 19.2 Å². The van der Waals surface area contributed by atoms with Crippen molar-refractivity contribution in [2.75, 3.05) is 13.7 Å². The highest BCUT2D eigenvalue weighted by molar-refractivity contribution is 7.89. The summed E-state index contributed by atoms with van der Waals surface area (Å²) in [4.78, 5) is 0.302. The van der Waals surface area contributed by atoms with Gasteiger partial charge in [0.15, 0.2) is 0 Å². The summed E-state index contributed by atoms with van der Waals surface area (Å²) in [6, 6.07) is 17.0. The monoisotopic (exact) mass is 345 g/mol. The Balaban J connectivity index is 1.91. The molecule has 0 N–H and O–H groups in total. The number of sulfonamides is 1. The van der Waals surface area contributed by atoms with Crippen molar-refractivity contribution in [2.45, 2.75) is 36.8 Å². The third kappa shape index (κ3) is 3.38. The summed E-state index contributed by atoms with van der Waals surface area (Å²) >= 11 is 0. The zero-order valence-electron chi connectivity index (χ0n) is 14.1. The molecule has 2 aromatic carbocycles. The van der Waals surface area contributed by atoms with Crippen molar-refractivity contribution in [2.24, 2.45) is 0 Å². The molecular formula is C19H23NO3S. The van der Waals surface area contributed by atoms with Crippen LogP contribution in [0.25, 0.3) is 0 Å². The van der Waals surface area contributed by atoms with Gasteiger partial charge < -0.3 is 4.74 Å². The van der Waals surface area contributed by atoms with Crippen LogP contribution in [0, 0.1) is 6.92 Å². The second-order valence-electron chi connectivity index (χ2n) is 6.26. The average Bonchev–Trinajstić information content (AvgIpc) is 2.62. The molecule has 5 heteroatoms. The molecule has 0 saturated carbocycles. The zero-order valence-corrected chi connectivity index (χ0v) is 14.9. The predicted molar refractivity (Wildman–Crippen MR) is 94.3 cm³/mol. The maximum Gasteiger partial charge on any atom is 0.245 e. The van der Waals surface area contributed by atoms with Gasteiger partial charge in [-0.15, -0.1) is 0 Å². The van der Waals surface area contributed by atoms with Gasteiger partial charge in [-0.1, -0.05) is 48.0 Å². The molecule has 0 aliphatic carbocycles. The molecule has 0 bridgehead atoms. The van der Waals surface area contributed by atoms with E-state index in [2.05, 4.69) is 0 Å². The summed E-state index contributed by atoms with van der Waals surface area (Å²) in [5, 5.41) is 0. The molecule has 0 amide bonds. The number of rotatable bonds is 4.